The molecule has 0 aliphatic carbocycles. The fourth-order valence-electron chi connectivity index (χ4n) is 3.08. The third-order valence-corrected chi connectivity index (χ3v) is 4.41. The zero-order valence-electron chi connectivity index (χ0n) is 14.4. The summed E-state index contributed by atoms with van der Waals surface area (Å²) in [5.41, 5.74) is 3.55. The van der Waals surface area contributed by atoms with Crippen molar-refractivity contribution in [3.63, 3.8) is 0 Å². The molecule has 0 aromatic rings. The average Bonchev–Trinajstić information content (AvgIpc) is 2.93. The van der Waals surface area contributed by atoms with Crippen LogP contribution in [0, 0.1) is 5.92 Å². The van der Waals surface area contributed by atoms with Gasteiger partial charge in [-0.25, -0.2) is 0 Å². The lowest BCUT2D eigenvalue weighted by molar-refractivity contribution is -0.139. The molecule has 1 rings (SSSR count). The van der Waals surface area contributed by atoms with Crippen LogP contribution in [0.25, 0.3) is 0 Å². The molecular weight excluding hydrogens is 298 g/mol. The third-order valence-electron chi connectivity index (χ3n) is 4.41. The Hall–Kier alpha value is -1.60. The summed E-state index contributed by atoms with van der Waals surface area (Å²) in [5, 5.41) is 15.4. The lowest BCUT2D eigenvalue weighted by Gasteiger charge is -2.29. The monoisotopic (exact) mass is 327 g/mol. The number of carboxylic acids is 1. The largest absolute Gasteiger partial charge is 0.480 e. The minimum atomic E-state index is -0.889. The number of aliphatic carboxylic acids is 1. The third kappa shape index (κ3) is 5.84. The number of rotatable bonds is 9. The van der Waals surface area contributed by atoms with Crippen molar-refractivity contribution in [2.75, 3.05) is 7.11 Å². The van der Waals surface area contributed by atoms with Gasteiger partial charge in [0.15, 0.2) is 0 Å². The maximum absolute atomic E-state index is 11.6. The number of carbonyl (C=O) groups is 2. The number of carbonyl (C=O) groups excluding carboxylic acids is 1. The van der Waals surface area contributed by atoms with Gasteiger partial charge in [-0.1, -0.05) is 26.7 Å². The lowest BCUT2D eigenvalue weighted by Crippen LogP contribution is -2.50. The van der Waals surface area contributed by atoms with Crippen LogP contribution >= 0.6 is 0 Å². The Morgan fingerprint density at radius 1 is 1.43 bits per heavy atom. The summed E-state index contributed by atoms with van der Waals surface area (Å²) in [6.45, 7) is 5.75. The number of carboxylic acid groups (broad SMARTS) is 1. The maximum Gasteiger partial charge on any atom is 0.321 e. The predicted molar refractivity (Wildman–Crippen MR) is 87.5 cm³/mol. The maximum atomic E-state index is 11.6. The van der Waals surface area contributed by atoms with Crippen LogP contribution in [0.15, 0.2) is 11.8 Å². The van der Waals surface area contributed by atoms with E-state index in [4.69, 9.17) is 4.84 Å². The first-order valence-electron chi connectivity index (χ1n) is 8.16. The van der Waals surface area contributed by atoms with E-state index in [1.54, 1.807) is 6.20 Å². The number of nitrogens with one attached hydrogen (secondary N) is 3. The van der Waals surface area contributed by atoms with Gasteiger partial charge in [-0.15, -0.1) is 0 Å². The second-order valence-electron chi connectivity index (χ2n) is 6.01. The smallest absolute Gasteiger partial charge is 0.321 e. The molecule has 0 bridgehead atoms. The van der Waals surface area contributed by atoms with Crippen molar-refractivity contribution in [3.8, 4) is 0 Å². The van der Waals surface area contributed by atoms with Crippen molar-refractivity contribution in [3.05, 3.63) is 11.8 Å². The summed E-state index contributed by atoms with van der Waals surface area (Å²) in [5.74, 6) is -0.519. The Kier molecular flexibility index (Phi) is 8.05. The first-order valence-corrected chi connectivity index (χ1v) is 8.16. The molecule has 4 N–H and O–H groups in total. The van der Waals surface area contributed by atoms with Gasteiger partial charge < -0.3 is 10.4 Å². The minimum Gasteiger partial charge on any atom is -0.480 e. The number of hydrogen-bond donors (Lipinski definition) is 4. The van der Waals surface area contributed by atoms with Gasteiger partial charge >= 0.3 is 5.97 Å². The summed E-state index contributed by atoms with van der Waals surface area (Å²) < 4.78 is 0. The molecular formula is C16H29N3O4. The fraction of sp³-hybridized carbons (Fsp3) is 0.750. The fourth-order valence-corrected chi connectivity index (χ4v) is 3.08. The highest BCUT2D eigenvalue weighted by atomic mass is 16.6. The average molecular weight is 327 g/mol. The molecule has 132 valence electrons. The van der Waals surface area contributed by atoms with Crippen LogP contribution in [0.4, 0.5) is 0 Å². The molecule has 1 fully saturated rings. The summed E-state index contributed by atoms with van der Waals surface area (Å²) in [7, 11) is 1.50. The first kappa shape index (κ1) is 19.4. The molecule has 0 spiro atoms. The standard InChI is InChI=1S/C16H29N3O4/c1-5-11(6-2)7-13(18-10(3)20)15-12(9-17-23-4)8-14(19-15)16(21)22/h9,11,13-15,17,19H,5-8H2,1-4H3,(H,18,20)(H,21,22)/t13-,14+,15+/m0/s1. The van der Waals surface area contributed by atoms with Crippen molar-refractivity contribution in [1.82, 2.24) is 16.1 Å². The van der Waals surface area contributed by atoms with Gasteiger partial charge in [0.05, 0.1) is 13.2 Å². The SMILES string of the molecule is CCC(CC)C[C@H](NC(C)=O)[C@@H]1N[C@@H](C(=O)O)CC1=CNOC. The zero-order chi connectivity index (χ0) is 17.4. The molecule has 1 saturated heterocycles. The zero-order valence-corrected chi connectivity index (χ0v) is 14.4. The van der Waals surface area contributed by atoms with E-state index in [2.05, 4.69) is 30.0 Å². The summed E-state index contributed by atoms with van der Waals surface area (Å²) in [6, 6.07) is -1.02. The molecule has 1 aliphatic heterocycles. The molecule has 3 atom stereocenters. The van der Waals surface area contributed by atoms with Crippen LogP contribution in [0.3, 0.4) is 0 Å². The van der Waals surface area contributed by atoms with E-state index in [1.807, 2.05) is 0 Å². The normalized spacial score (nSPS) is 24.0. The van der Waals surface area contributed by atoms with Gasteiger partial charge in [-0.2, -0.15) is 0 Å². The topological polar surface area (TPSA) is 99.7 Å². The first-order chi connectivity index (χ1) is 10.9. The molecule has 0 aromatic carbocycles. The molecule has 0 aromatic heterocycles. The van der Waals surface area contributed by atoms with E-state index >= 15 is 0 Å². The van der Waals surface area contributed by atoms with Crippen LogP contribution in [0.1, 0.15) is 46.5 Å². The highest BCUT2D eigenvalue weighted by molar-refractivity contribution is 5.75. The van der Waals surface area contributed by atoms with Crippen molar-refractivity contribution < 1.29 is 19.5 Å². The number of hydroxylamine groups is 1. The molecule has 1 aliphatic rings. The lowest BCUT2D eigenvalue weighted by atomic mass is 9.89. The molecule has 0 unspecified atom stereocenters. The van der Waals surface area contributed by atoms with Gasteiger partial charge in [0.25, 0.3) is 0 Å². The number of hydrogen-bond acceptors (Lipinski definition) is 5. The quantitative estimate of drug-likeness (QED) is 0.474. The van der Waals surface area contributed by atoms with Crippen LogP contribution in [-0.2, 0) is 14.4 Å². The van der Waals surface area contributed by atoms with Crippen LogP contribution in [-0.4, -0.2) is 42.2 Å². The van der Waals surface area contributed by atoms with E-state index in [9.17, 15) is 14.7 Å². The van der Waals surface area contributed by atoms with E-state index in [0.29, 0.717) is 12.3 Å². The van der Waals surface area contributed by atoms with E-state index in [1.165, 1.54) is 14.0 Å². The van der Waals surface area contributed by atoms with Crippen molar-refractivity contribution in [1.29, 1.82) is 0 Å². The van der Waals surface area contributed by atoms with Gasteiger partial charge in [0.2, 0.25) is 5.91 Å². The van der Waals surface area contributed by atoms with Crippen LogP contribution in [0.2, 0.25) is 0 Å². The second-order valence-corrected chi connectivity index (χ2v) is 6.01. The Balaban J connectivity index is 2.98. The summed E-state index contributed by atoms with van der Waals surface area (Å²) >= 11 is 0. The predicted octanol–water partition coefficient (Wildman–Crippen LogP) is 1.17. The van der Waals surface area contributed by atoms with Crippen molar-refractivity contribution in [2.45, 2.75) is 64.6 Å². The van der Waals surface area contributed by atoms with Gasteiger partial charge in [-0.05, 0) is 24.3 Å². The Labute approximate surface area is 137 Å². The molecule has 23 heavy (non-hydrogen) atoms. The van der Waals surface area contributed by atoms with E-state index in [-0.39, 0.29) is 18.0 Å². The van der Waals surface area contributed by atoms with Crippen molar-refractivity contribution in [2.24, 2.45) is 5.92 Å². The molecule has 7 heteroatoms. The summed E-state index contributed by atoms with van der Waals surface area (Å²) in [6.07, 6.45) is 4.92. The molecule has 1 heterocycles. The Morgan fingerprint density at radius 2 is 2.09 bits per heavy atom. The highest BCUT2D eigenvalue weighted by Gasteiger charge is 2.38. The highest BCUT2D eigenvalue weighted by Crippen LogP contribution is 2.26. The Bertz CT molecular complexity index is 435. The van der Waals surface area contributed by atoms with Gasteiger partial charge in [0.1, 0.15) is 6.04 Å². The molecule has 0 saturated carbocycles. The van der Waals surface area contributed by atoms with E-state index < -0.39 is 12.0 Å². The van der Waals surface area contributed by atoms with Gasteiger partial charge in [0, 0.05) is 19.2 Å². The van der Waals surface area contributed by atoms with E-state index in [0.717, 1.165) is 24.8 Å². The second kappa shape index (κ2) is 9.52. The van der Waals surface area contributed by atoms with Crippen molar-refractivity contribution >= 4 is 11.9 Å². The molecule has 0 radical (unpaired) electrons. The van der Waals surface area contributed by atoms with Crippen LogP contribution in [0.5, 0.6) is 0 Å². The Morgan fingerprint density at radius 3 is 2.57 bits per heavy atom. The van der Waals surface area contributed by atoms with Crippen LogP contribution < -0.4 is 16.1 Å². The van der Waals surface area contributed by atoms with Gasteiger partial charge in [-0.3, -0.25) is 25.2 Å². The minimum absolute atomic E-state index is 0.111. The molecule has 7 nitrogen and oxygen atoms in total. The molecule has 1 amide bonds. The summed E-state index contributed by atoms with van der Waals surface area (Å²) in [4.78, 5) is 27.8. The number of amides is 1.